The Morgan fingerprint density at radius 3 is 2.32 bits per heavy atom. The van der Waals surface area contributed by atoms with Gasteiger partial charge in [-0.15, -0.1) is 0 Å². The molecule has 31 heavy (non-hydrogen) atoms. The molecule has 6 aliphatic carbocycles. The maximum absolute atomic E-state index is 10.8. The van der Waals surface area contributed by atoms with Gasteiger partial charge in [0.05, 0.1) is 6.10 Å². The number of aliphatic hydroxyl groups excluding tert-OH is 1. The average molecular weight is 425 g/mol. The van der Waals surface area contributed by atoms with Crippen LogP contribution in [0.1, 0.15) is 118 Å². The Bertz CT molecular complexity index is 788. The first-order valence-corrected chi connectivity index (χ1v) is 14.0. The minimum Gasteiger partial charge on any atom is -0.393 e. The summed E-state index contributed by atoms with van der Waals surface area (Å²) in [6.45, 7) is 12.9. The molecule has 174 valence electrons. The minimum atomic E-state index is -0.0796. The van der Waals surface area contributed by atoms with Crippen molar-refractivity contribution in [1.29, 1.82) is 0 Å². The van der Waals surface area contributed by atoms with E-state index in [-0.39, 0.29) is 11.5 Å². The van der Waals surface area contributed by atoms with Gasteiger partial charge in [0.1, 0.15) is 0 Å². The van der Waals surface area contributed by atoms with E-state index in [0.717, 1.165) is 30.1 Å². The highest BCUT2D eigenvalue weighted by molar-refractivity contribution is 5.30. The normalized spacial score (nSPS) is 54.8. The number of hydrogen-bond acceptors (Lipinski definition) is 1. The van der Waals surface area contributed by atoms with Crippen LogP contribution in [0.5, 0.6) is 0 Å². The molecule has 0 heterocycles. The van der Waals surface area contributed by atoms with Crippen LogP contribution in [0.15, 0.2) is 11.6 Å². The van der Waals surface area contributed by atoms with Gasteiger partial charge in [0.15, 0.2) is 0 Å². The summed E-state index contributed by atoms with van der Waals surface area (Å²) < 4.78 is 0. The molecule has 6 fully saturated rings. The van der Waals surface area contributed by atoms with Crippen LogP contribution >= 0.6 is 0 Å². The number of allylic oxidation sites excluding steroid dienone is 2. The molecule has 0 radical (unpaired) electrons. The van der Waals surface area contributed by atoms with Gasteiger partial charge in [-0.1, -0.05) is 46.3 Å². The van der Waals surface area contributed by atoms with E-state index in [9.17, 15) is 5.11 Å². The molecule has 1 heteroatoms. The molecule has 0 saturated heterocycles. The van der Waals surface area contributed by atoms with Gasteiger partial charge in [0.2, 0.25) is 0 Å². The van der Waals surface area contributed by atoms with E-state index in [0.29, 0.717) is 21.7 Å². The van der Waals surface area contributed by atoms with Crippen LogP contribution in [0.2, 0.25) is 0 Å². The zero-order valence-corrected chi connectivity index (χ0v) is 21.1. The molecule has 1 nitrogen and oxygen atoms in total. The zero-order chi connectivity index (χ0) is 21.9. The second kappa shape index (κ2) is 6.43. The fraction of sp³-hybridized carbons (Fsp3) is 0.933. The zero-order valence-electron chi connectivity index (χ0n) is 21.1. The molecule has 0 amide bonds. The lowest BCUT2D eigenvalue weighted by atomic mass is 9.41. The lowest BCUT2D eigenvalue weighted by Gasteiger charge is -2.63. The molecule has 0 unspecified atom stereocenters. The summed E-state index contributed by atoms with van der Waals surface area (Å²) in [4.78, 5) is 0. The average Bonchev–Trinajstić information content (AvgIpc) is 3.61. The Morgan fingerprint density at radius 2 is 1.58 bits per heavy atom. The van der Waals surface area contributed by atoms with Gasteiger partial charge in [0.25, 0.3) is 0 Å². The molecular weight excluding hydrogens is 376 g/mol. The first-order valence-electron chi connectivity index (χ1n) is 14.0. The topological polar surface area (TPSA) is 20.2 Å². The highest BCUT2D eigenvalue weighted by Crippen LogP contribution is 2.89. The Balaban J connectivity index is 1.26. The molecule has 6 aliphatic rings. The molecule has 9 atom stereocenters. The van der Waals surface area contributed by atoms with Crippen LogP contribution in [-0.2, 0) is 0 Å². The molecule has 0 bridgehead atoms. The van der Waals surface area contributed by atoms with E-state index < -0.39 is 0 Å². The third-order valence-corrected chi connectivity index (χ3v) is 13.4. The van der Waals surface area contributed by atoms with Crippen molar-refractivity contribution in [2.45, 2.75) is 124 Å². The minimum absolute atomic E-state index is 0.0796. The predicted molar refractivity (Wildman–Crippen MR) is 129 cm³/mol. The van der Waals surface area contributed by atoms with Crippen LogP contribution in [0.4, 0.5) is 0 Å². The molecule has 6 saturated carbocycles. The van der Waals surface area contributed by atoms with Gasteiger partial charge >= 0.3 is 0 Å². The number of aliphatic hydroxyl groups is 1. The van der Waals surface area contributed by atoms with Crippen molar-refractivity contribution in [3.63, 3.8) is 0 Å². The highest BCUT2D eigenvalue weighted by Gasteiger charge is 2.82. The standard InChI is InChI=1S/C30H48O/c1-20(7-6-8-21-9-10-21)22-13-15-28(5)24-12-11-23-26(2,3)25(31)14-16-29(23)19-30(24,29)18-17-27(22,28)4/h8,20,22-25,31H,6-7,9-19H2,1-5H3/t20-,22-,23+,24+,25+,27-,28+,29-,30+/m1/s1. The van der Waals surface area contributed by atoms with Crippen LogP contribution in [0.3, 0.4) is 0 Å². The third kappa shape index (κ3) is 2.54. The summed E-state index contributed by atoms with van der Waals surface area (Å²) in [6, 6.07) is 0. The summed E-state index contributed by atoms with van der Waals surface area (Å²) in [5.41, 5.74) is 4.17. The van der Waals surface area contributed by atoms with E-state index in [2.05, 4.69) is 40.7 Å². The molecule has 0 aromatic heterocycles. The first kappa shape index (κ1) is 21.2. The number of rotatable bonds is 4. The molecule has 1 N–H and O–H groups in total. The molecule has 2 spiro atoms. The molecule has 0 aromatic rings. The summed E-state index contributed by atoms with van der Waals surface area (Å²) >= 11 is 0. The van der Waals surface area contributed by atoms with Crippen LogP contribution in [-0.4, -0.2) is 11.2 Å². The van der Waals surface area contributed by atoms with E-state index >= 15 is 0 Å². The van der Waals surface area contributed by atoms with Crippen LogP contribution in [0.25, 0.3) is 0 Å². The Morgan fingerprint density at radius 1 is 0.871 bits per heavy atom. The molecule has 0 aromatic carbocycles. The maximum Gasteiger partial charge on any atom is 0.0594 e. The SMILES string of the molecule is C[C@H](CCC=C1CC1)[C@H]1CC[C@@]2(C)[C@@H]3CC[C@H]4C(C)(C)[C@@H](O)CC[C@@]45C[C@@]35CC[C@]12C. The molecule has 6 rings (SSSR count). The Hall–Kier alpha value is -0.300. The quantitative estimate of drug-likeness (QED) is 0.454. The predicted octanol–water partition coefficient (Wildman–Crippen LogP) is 7.92. The lowest BCUT2D eigenvalue weighted by molar-refractivity contribution is -0.161. The monoisotopic (exact) mass is 424 g/mol. The van der Waals surface area contributed by atoms with Crippen molar-refractivity contribution >= 4 is 0 Å². The Labute approximate surface area is 191 Å². The second-order valence-electron chi connectivity index (χ2n) is 14.4. The van der Waals surface area contributed by atoms with E-state index in [1.54, 1.807) is 5.57 Å². The van der Waals surface area contributed by atoms with Gasteiger partial charge in [0, 0.05) is 0 Å². The highest BCUT2D eigenvalue weighted by atomic mass is 16.3. The van der Waals surface area contributed by atoms with Crippen molar-refractivity contribution in [2.75, 3.05) is 0 Å². The second-order valence-corrected chi connectivity index (χ2v) is 14.4. The number of hydrogen-bond donors (Lipinski definition) is 1. The van der Waals surface area contributed by atoms with Gasteiger partial charge < -0.3 is 5.11 Å². The summed E-state index contributed by atoms with van der Waals surface area (Å²) in [5, 5.41) is 10.8. The van der Waals surface area contributed by atoms with E-state index in [1.165, 1.54) is 77.0 Å². The van der Waals surface area contributed by atoms with Gasteiger partial charge in [-0.05, 0) is 134 Å². The fourth-order valence-electron chi connectivity index (χ4n) is 11.3. The van der Waals surface area contributed by atoms with Crippen molar-refractivity contribution in [3.8, 4) is 0 Å². The lowest BCUT2D eigenvalue weighted by Crippen LogP contribution is -2.57. The van der Waals surface area contributed by atoms with Crippen molar-refractivity contribution in [1.82, 2.24) is 0 Å². The number of fused-ring (bicyclic) bond motifs is 2. The summed E-state index contributed by atoms with van der Waals surface area (Å²) in [5.74, 6) is 3.53. The van der Waals surface area contributed by atoms with Crippen molar-refractivity contribution < 1.29 is 5.11 Å². The van der Waals surface area contributed by atoms with E-state index in [4.69, 9.17) is 0 Å². The summed E-state index contributed by atoms with van der Waals surface area (Å²) in [6.07, 6.45) is 20.7. The van der Waals surface area contributed by atoms with Crippen molar-refractivity contribution in [3.05, 3.63) is 11.6 Å². The maximum atomic E-state index is 10.8. The Kier molecular flexibility index (Phi) is 4.40. The smallest absolute Gasteiger partial charge is 0.0594 e. The van der Waals surface area contributed by atoms with Gasteiger partial charge in [-0.3, -0.25) is 0 Å². The van der Waals surface area contributed by atoms with E-state index in [1.807, 2.05) is 0 Å². The van der Waals surface area contributed by atoms with Crippen molar-refractivity contribution in [2.24, 2.45) is 50.7 Å². The first-order chi connectivity index (χ1) is 14.6. The molecular formula is C30H48O. The van der Waals surface area contributed by atoms with Crippen LogP contribution < -0.4 is 0 Å². The summed E-state index contributed by atoms with van der Waals surface area (Å²) in [7, 11) is 0. The van der Waals surface area contributed by atoms with Gasteiger partial charge in [-0.25, -0.2) is 0 Å². The molecule has 0 aliphatic heterocycles. The fourth-order valence-corrected chi connectivity index (χ4v) is 11.3. The van der Waals surface area contributed by atoms with Gasteiger partial charge in [-0.2, -0.15) is 0 Å². The largest absolute Gasteiger partial charge is 0.393 e. The van der Waals surface area contributed by atoms with Crippen LogP contribution in [0, 0.1) is 50.7 Å². The third-order valence-electron chi connectivity index (χ3n) is 13.4.